The predicted molar refractivity (Wildman–Crippen MR) is 213 cm³/mol. The minimum Gasteiger partial charge on any atom is -0.493 e. The zero-order valence-corrected chi connectivity index (χ0v) is 31.6. The molecule has 0 saturated heterocycles. The van der Waals surface area contributed by atoms with Crippen LogP contribution in [0.5, 0.6) is 11.5 Å². The maximum atomic E-state index is 13.3. The molecular formula is C46H50ClFN2O3. The van der Waals surface area contributed by atoms with Crippen molar-refractivity contribution in [3.05, 3.63) is 166 Å². The van der Waals surface area contributed by atoms with Gasteiger partial charge in [-0.15, -0.1) is 0 Å². The van der Waals surface area contributed by atoms with Crippen molar-refractivity contribution in [2.75, 3.05) is 33.9 Å². The van der Waals surface area contributed by atoms with E-state index in [2.05, 4.69) is 95.1 Å². The Labute approximate surface area is 319 Å². The molecule has 1 aliphatic heterocycles. The molecule has 1 heterocycles. The standard InChI is InChI=1S/C46H50ClFN2O3/c1-52-43-32-36-25-30-50(42(41(36)33-44(43)53-2)31-35-15-20-39(47)21-16-35)29-10-27-46(37-11-5-3-6-12-37,38-13-7-4-8-14-38)26-9-28-49-45(51)24-19-34-17-22-40(48)23-18-34/h3-8,11-18,20-23,32-33,42H,9-10,19,24-31H2,1-2H3,(H,49,51). The van der Waals surface area contributed by atoms with Gasteiger partial charge in [0.05, 0.1) is 14.2 Å². The Morgan fingerprint density at radius 3 is 2.06 bits per heavy atom. The van der Waals surface area contributed by atoms with Crippen molar-refractivity contribution in [2.24, 2.45) is 0 Å². The highest BCUT2D eigenvalue weighted by Crippen LogP contribution is 2.43. The molecule has 1 aliphatic rings. The summed E-state index contributed by atoms with van der Waals surface area (Å²) in [5, 5.41) is 3.90. The number of hydrogen-bond acceptors (Lipinski definition) is 4. The smallest absolute Gasteiger partial charge is 0.220 e. The zero-order chi connectivity index (χ0) is 37.0. The third-order valence-electron chi connectivity index (χ3n) is 10.8. The second-order valence-corrected chi connectivity index (χ2v) is 14.5. The molecule has 1 atom stereocenters. The van der Waals surface area contributed by atoms with Gasteiger partial charge in [-0.1, -0.05) is 96.5 Å². The number of carbonyl (C=O) groups is 1. The van der Waals surface area contributed by atoms with Gasteiger partial charge in [0.2, 0.25) is 5.91 Å². The van der Waals surface area contributed by atoms with Crippen molar-refractivity contribution >= 4 is 17.5 Å². The van der Waals surface area contributed by atoms with E-state index in [-0.39, 0.29) is 23.2 Å². The summed E-state index contributed by atoms with van der Waals surface area (Å²) >= 11 is 6.28. The van der Waals surface area contributed by atoms with Gasteiger partial charge in [0, 0.05) is 36.0 Å². The number of aryl methyl sites for hydroxylation is 1. The van der Waals surface area contributed by atoms with E-state index >= 15 is 0 Å². The van der Waals surface area contributed by atoms with Gasteiger partial charge >= 0.3 is 0 Å². The average molecular weight is 733 g/mol. The fraction of sp³-hybridized carbons (Fsp3) is 0.326. The number of rotatable bonds is 17. The first-order valence-corrected chi connectivity index (χ1v) is 19.1. The minimum absolute atomic E-state index is 0.0192. The first-order valence-electron chi connectivity index (χ1n) is 18.7. The molecule has 276 valence electrons. The van der Waals surface area contributed by atoms with Gasteiger partial charge in [0.15, 0.2) is 11.5 Å². The topological polar surface area (TPSA) is 50.8 Å². The largest absolute Gasteiger partial charge is 0.493 e. The highest BCUT2D eigenvalue weighted by Gasteiger charge is 2.35. The first kappa shape index (κ1) is 38.1. The van der Waals surface area contributed by atoms with E-state index in [9.17, 15) is 9.18 Å². The number of hydrogen-bond donors (Lipinski definition) is 1. The van der Waals surface area contributed by atoms with Gasteiger partial charge in [0.25, 0.3) is 0 Å². The van der Waals surface area contributed by atoms with Crippen LogP contribution in [0.4, 0.5) is 4.39 Å². The van der Waals surface area contributed by atoms with Gasteiger partial charge in [-0.3, -0.25) is 9.69 Å². The van der Waals surface area contributed by atoms with Crippen molar-refractivity contribution in [3.8, 4) is 11.5 Å². The summed E-state index contributed by atoms with van der Waals surface area (Å²) in [6, 6.07) is 40.8. The number of fused-ring (bicyclic) bond motifs is 1. The molecule has 0 radical (unpaired) electrons. The lowest BCUT2D eigenvalue weighted by Crippen LogP contribution is -2.38. The molecule has 0 aromatic heterocycles. The third-order valence-corrected chi connectivity index (χ3v) is 11.1. The number of nitrogens with one attached hydrogen (secondary N) is 1. The van der Waals surface area contributed by atoms with Crippen molar-refractivity contribution in [2.45, 2.75) is 62.8 Å². The predicted octanol–water partition coefficient (Wildman–Crippen LogP) is 9.93. The lowest BCUT2D eigenvalue weighted by Gasteiger charge is -2.40. The van der Waals surface area contributed by atoms with Crippen LogP contribution in [0.3, 0.4) is 0 Å². The molecule has 6 rings (SSSR count). The highest BCUT2D eigenvalue weighted by molar-refractivity contribution is 6.30. The summed E-state index contributed by atoms with van der Waals surface area (Å²) in [6.07, 6.45) is 6.46. The Morgan fingerprint density at radius 2 is 1.42 bits per heavy atom. The molecule has 0 saturated carbocycles. The van der Waals surface area contributed by atoms with Crippen molar-refractivity contribution < 1.29 is 18.7 Å². The van der Waals surface area contributed by atoms with Crippen LogP contribution < -0.4 is 14.8 Å². The lowest BCUT2D eigenvalue weighted by molar-refractivity contribution is -0.121. The fourth-order valence-electron chi connectivity index (χ4n) is 8.01. The number of carbonyl (C=O) groups excluding carboxylic acids is 1. The van der Waals surface area contributed by atoms with Crippen molar-refractivity contribution in [1.82, 2.24) is 10.2 Å². The Balaban J connectivity index is 1.20. The van der Waals surface area contributed by atoms with Gasteiger partial charge in [0.1, 0.15) is 5.82 Å². The maximum absolute atomic E-state index is 13.3. The molecule has 53 heavy (non-hydrogen) atoms. The van der Waals surface area contributed by atoms with Crippen LogP contribution in [-0.4, -0.2) is 44.7 Å². The Bertz CT molecular complexity index is 1860. The second kappa shape index (κ2) is 18.4. The van der Waals surface area contributed by atoms with Crippen LogP contribution in [-0.2, 0) is 29.5 Å². The Hall–Kier alpha value is -4.65. The van der Waals surface area contributed by atoms with Gasteiger partial charge in [-0.25, -0.2) is 4.39 Å². The van der Waals surface area contributed by atoms with Crippen molar-refractivity contribution in [3.63, 3.8) is 0 Å². The van der Waals surface area contributed by atoms with E-state index in [1.807, 2.05) is 12.1 Å². The quantitative estimate of drug-likeness (QED) is 0.0968. The number of nitrogens with zero attached hydrogens (tertiary/aromatic N) is 1. The molecule has 1 unspecified atom stereocenters. The highest BCUT2D eigenvalue weighted by atomic mass is 35.5. The van der Waals surface area contributed by atoms with Gasteiger partial charge < -0.3 is 14.8 Å². The molecule has 5 aromatic carbocycles. The molecule has 0 aliphatic carbocycles. The number of ether oxygens (including phenoxy) is 2. The van der Waals surface area contributed by atoms with E-state index in [4.69, 9.17) is 21.1 Å². The summed E-state index contributed by atoms with van der Waals surface area (Å²) in [6.45, 7) is 2.49. The lowest BCUT2D eigenvalue weighted by atomic mass is 9.68. The van der Waals surface area contributed by atoms with E-state index in [0.717, 1.165) is 73.7 Å². The van der Waals surface area contributed by atoms with Crippen LogP contribution in [0.1, 0.15) is 71.5 Å². The maximum Gasteiger partial charge on any atom is 0.220 e. The SMILES string of the molecule is COc1cc2c(cc1OC)C(Cc1ccc(Cl)cc1)N(CCCC(CCCNC(=O)CCc1ccc(F)cc1)(c1ccccc1)c1ccccc1)CC2. The van der Waals surface area contributed by atoms with Crippen LogP contribution in [0.2, 0.25) is 5.02 Å². The van der Waals surface area contributed by atoms with Crippen LogP contribution in [0.15, 0.2) is 121 Å². The van der Waals surface area contributed by atoms with Crippen LogP contribution in [0, 0.1) is 5.82 Å². The van der Waals surface area contributed by atoms with E-state index in [0.29, 0.717) is 19.4 Å². The Morgan fingerprint density at radius 1 is 0.811 bits per heavy atom. The third kappa shape index (κ3) is 9.67. The van der Waals surface area contributed by atoms with Crippen LogP contribution >= 0.6 is 11.6 Å². The van der Waals surface area contributed by atoms with E-state index in [1.54, 1.807) is 26.4 Å². The Kier molecular flexibility index (Phi) is 13.2. The summed E-state index contributed by atoms with van der Waals surface area (Å²) in [5.74, 6) is 1.28. The molecule has 0 spiro atoms. The number of amides is 1. The summed E-state index contributed by atoms with van der Waals surface area (Å²) in [5.41, 5.74) is 7.17. The molecule has 7 heteroatoms. The van der Waals surface area contributed by atoms with Crippen LogP contribution in [0.25, 0.3) is 0 Å². The summed E-state index contributed by atoms with van der Waals surface area (Å²) in [4.78, 5) is 15.5. The first-order chi connectivity index (χ1) is 25.9. The van der Waals surface area contributed by atoms with E-state index < -0.39 is 0 Å². The van der Waals surface area contributed by atoms with Crippen molar-refractivity contribution in [1.29, 1.82) is 0 Å². The fourth-order valence-corrected chi connectivity index (χ4v) is 8.14. The zero-order valence-electron chi connectivity index (χ0n) is 30.8. The van der Waals surface area contributed by atoms with Gasteiger partial charge in [-0.05, 0) is 121 Å². The molecule has 1 amide bonds. The molecule has 5 aromatic rings. The second-order valence-electron chi connectivity index (χ2n) is 14.0. The normalized spacial score (nSPS) is 14.4. The minimum atomic E-state index is -0.265. The molecule has 0 bridgehead atoms. The number of benzene rings is 5. The molecule has 0 fully saturated rings. The summed E-state index contributed by atoms with van der Waals surface area (Å²) in [7, 11) is 3.39. The van der Waals surface area contributed by atoms with Gasteiger partial charge in [-0.2, -0.15) is 0 Å². The number of halogens is 2. The summed E-state index contributed by atoms with van der Waals surface area (Å²) < 4.78 is 24.8. The average Bonchev–Trinajstić information content (AvgIpc) is 3.20. The molecule has 5 nitrogen and oxygen atoms in total. The number of methoxy groups -OCH3 is 2. The monoisotopic (exact) mass is 732 g/mol. The molecule has 1 N–H and O–H groups in total. The molecular weight excluding hydrogens is 683 g/mol. The van der Waals surface area contributed by atoms with E-state index in [1.165, 1.54) is 39.9 Å².